The number of hydrogen-bond acceptors (Lipinski definition) is 2. The van der Waals surface area contributed by atoms with E-state index in [1.807, 2.05) is 20.8 Å². The van der Waals surface area contributed by atoms with Gasteiger partial charge in [-0.05, 0) is 12.3 Å². The van der Waals surface area contributed by atoms with Gasteiger partial charge in [0.25, 0.3) is 0 Å². The molecule has 1 aliphatic rings. The monoisotopic (exact) mass is 212 g/mol. The Morgan fingerprint density at radius 1 is 1.47 bits per heavy atom. The van der Waals surface area contributed by atoms with Gasteiger partial charge in [0.1, 0.15) is 0 Å². The molecule has 1 atom stereocenters. The van der Waals surface area contributed by atoms with Gasteiger partial charge in [-0.25, -0.2) is 4.79 Å². The second kappa shape index (κ2) is 5.14. The highest BCUT2D eigenvalue weighted by Crippen LogP contribution is 2.17. The number of hydrogen-bond donors (Lipinski definition) is 1. The van der Waals surface area contributed by atoms with Crippen LogP contribution >= 0.6 is 0 Å². The summed E-state index contributed by atoms with van der Waals surface area (Å²) < 4.78 is 0. The molecule has 86 valence electrons. The molecule has 3 amide bonds. The lowest BCUT2D eigenvalue weighted by atomic mass is 9.93. The summed E-state index contributed by atoms with van der Waals surface area (Å²) in [6.45, 7) is 7.10. The third-order valence-corrected chi connectivity index (χ3v) is 2.84. The Hall–Kier alpha value is -1.06. The van der Waals surface area contributed by atoms with E-state index < -0.39 is 0 Å². The molecule has 1 heterocycles. The second-order valence-electron chi connectivity index (χ2n) is 4.38. The summed E-state index contributed by atoms with van der Waals surface area (Å²) >= 11 is 0. The Morgan fingerprint density at radius 2 is 2.13 bits per heavy atom. The Bertz CT molecular complexity index is 251. The van der Waals surface area contributed by atoms with Crippen LogP contribution in [0.1, 0.15) is 33.6 Å². The van der Waals surface area contributed by atoms with E-state index in [0.717, 1.165) is 12.8 Å². The molecule has 0 bridgehead atoms. The maximum Gasteiger partial charge on any atom is 0.324 e. The third-order valence-electron chi connectivity index (χ3n) is 2.84. The summed E-state index contributed by atoms with van der Waals surface area (Å²) in [5.74, 6) is 0.212. The molecular weight excluding hydrogens is 192 g/mol. The van der Waals surface area contributed by atoms with E-state index in [1.165, 1.54) is 4.90 Å². The van der Waals surface area contributed by atoms with E-state index in [-0.39, 0.29) is 23.8 Å². The summed E-state index contributed by atoms with van der Waals surface area (Å²) in [7, 11) is 0. The van der Waals surface area contributed by atoms with Crippen LogP contribution in [0, 0.1) is 11.8 Å². The van der Waals surface area contributed by atoms with E-state index in [1.54, 1.807) is 0 Å². The molecule has 0 aromatic carbocycles. The van der Waals surface area contributed by atoms with Gasteiger partial charge in [-0.1, -0.05) is 27.2 Å². The van der Waals surface area contributed by atoms with Gasteiger partial charge in [-0.2, -0.15) is 0 Å². The van der Waals surface area contributed by atoms with Crippen molar-refractivity contribution in [3.63, 3.8) is 0 Å². The number of nitrogens with one attached hydrogen (secondary N) is 1. The van der Waals surface area contributed by atoms with Crippen molar-refractivity contribution >= 4 is 11.9 Å². The number of urea groups is 1. The van der Waals surface area contributed by atoms with Crippen LogP contribution in [0.15, 0.2) is 0 Å². The normalized spacial score (nSPS) is 22.1. The van der Waals surface area contributed by atoms with Gasteiger partial charge < -0.3 is 5.32 Å². The molecule has 1 N–H and O–H groups in total. The minimum absolute atomic E-state index is 0.0119. The van der Waals surface area contributed by atoms with Crippen LogP contribution in [-0.4, -0.2) is 29.9 Å². The van der Waals surface area contributed by atoms with Gasteiger partial charge in [0, 0.05) is 13.1 Å². The molecule has 1 rings (SSSR count). The molecule has 1 fully saturated rings. The minimum atomic E-state index is -0.231. The van der Waals surface area contributed by atoms with Crippen molar-refractivity contribution in [2.45, 2.75) is 33.6 Å². The smallest absolute Gasteiger partial charge is 0.324 e. The first kappa shape index (κ1) is 12.0. The van der Waals surface area contributed by atoms with Gasteiger partial charge in [-0.3, -0.25) is 9.69 Å². The van der Waals surface area contributed by atoms with Crippen molar-refractivity contribution in [3.8, 4) is 0 Å². The first-order valence-corrected chi connectivity index (χ1v) is 5.67. The molecule has 0 saturated carbocycles. The lowest BCUT2D eigenvalue weighted by Gasteiger charge is -2.33. The molecule has 0 aromatic heterocycles. The van der Waals surface area contributed by atoms with Crippen LogP contribution in [0.25, 0.3) is 0 Å². The fourth-order valence-corrected chi connectivity index (χ4v) is 1.73. The molecule has 4 nitrogen and oxygen atoms in total. The zero-order valence-electron chi connectivity index (χ0n) is 9.75. The van der Waals surface area contributed by atoms with E-state index in [9.17, 15) is 9.59 Å². The molecule has 0 spiro atoms. The van der Waals surface area contributed by atoms with E-state index in [4.69, 9.17) is 0 Å². The van der Waals surface area contributed by atoms with Crippen molar-refractivity contribution in [1.82, 2.24) is 10.2 Å². The molecule has 0 aromatic rings. The Labute approximate surface area is 91.0 Å². The summed E-state index contributed by atoms with van der Waals surface area (Å²) in [5, 5.41) is 2.77. The largest absolute Gasteiger partial charge is 0.337 e. The second-order valence-corrected chi connectivity index (χ2v) is 4.38. The fourth-order valence-electron chi connectivity index (χ4n) is 1.73. The summed E-state index contributed by atoms with van der Waals surface area (Å²) in [5.41, 5.74) is 0. The van der Waals surface area contributed by atoms with Crippen molar-refractivity contribution in [2.24, 2.45) is 11.8 Å². The van der Waals surface area contributed by atoms with E-state index in [0.29, 0.717) is 13.1 Å². The lowest BCUT2D eigenvalue weighted by Crippen LogP contribution is -2.56. The number of imide groups is 1. The number of unbranched alkanes of at least 4 members (excludes halogenated alkanes) is 1. The van der Waals surface area contributed by atoms with Crippen LogP contribution in [0.4, 0.5) is 4.79 Å². The molecule has 0 radical (unpaired) electrons. The molecular formula is C11H20N2O2. The number of amides is 3. The quantitative estimate of drug-likeness (QED) is 0.769. The minimum Gasteiger partial charge on any atom is -0.337 e. The van der Waals surface area contributed by atoms with Gasteiger partial charge in [-0.15, -0.1) is 0 Å². The van der Waals surface area contributed by atoms with Crippen LogP contribution < -0.4 is 5.32 Å². The van der Waals surface area contributed by atoms with Crippen molar-refractivity contribution in [2.75, 3.05) is 13.1 Å². The number of nitrogens with zero attached hydrogens (tertiary/aromatic N) is 1. The van der Waals surface area contributed by atoms with Gasteiger partial charge >= 0.3 is 6.03 Å². The van der Waals surface area contributed by atoms with E-state index >= 15 is 0 Å². The summed E-state index contributed by atoms with van der Waals surface area (Å²) in [6.07, 6.45) is 1.87. The van der Waals surface area contributed by atoms with Crippen molar-refractivity contribution in [3.05, 3.63) is 0 Å². The Balaban J connectivity index is 2.65. The van der Waals surface area contributed by atoms with Gasteiger partial charge in [0.2, 0.25) is 5.91 Å². The van der Waals surface area contributed by atoms with Crippen LogP contribution in [0.2, 0.25) is 0 Å². The van der Waals surface area contributed by atoms with Gasteiger partial charge in [0.05, 0.1) is 5.92 Å². The third kappa shape index (κ3) is 2.70. The Morgan fingerprint density at radius 3 is 2.67 bits per heavy atom. The zero-order chi connectivity index (χ0) is 11.4. The summed E-state index contributed by atoms with van der Waals surface area (Å²) in [4.78, 5) is 24.8. The molecule has 1 aliphatic heterocycles. The number of carbonyl (C=O) groups is 2. The standard InChI is InChI=1S/C11H20N2O2/c1-4-5-6-13-10(14)9(8(2)3)7-12-11(13)15/h8-9H,4-7H2,1-3H3,(H,12,15). The fraction of sp³-hybridized carbons (Fsp3) is 0.818. The molecule has 0 aliphatic carbocycles. The average molecular weight is 212 g/mol. The van der Waals surface area contributed by atoms with Crippen LogP contribution in [0.5, 0.6) is 0 Å². The van der Waals surface area contributed by atoms with Crippen LogP contribution in [-0.2, 0) is 4.79 Å². The predicted molar refractivity (Wildman–Crippen MR) is 58.3 cm³/mol. The summed E-state index contributed by atoms with van der Waals surface area (Å²) in [6, 6.07) is -0.231. The lowest BCUT2D eigenvalue weighted by molar-refractivity contribution is -0.135. The zero-order valence-corrected chi connectivity index (χ0v) is 9.75. The van der Waals surface area contributed by atoms with Crippen LogP contribution in [0.3, 0.4) is 0 Å². The molecule has 1 saturated heterocycles. The van der Waals surface area contributed by atoms with Crippen molar-refractivity contribution in [1.29, 1.82) is 0 Å². The molecule has 1 unspecified atom stereocenters. The first-order valence-electron chi connectivity index (χ1n) is 5.67. The SMILES string of the molecule is CCCCN1C(=O)NCC(C(C)C)C1=O. The number of carbonyl (C=O) groups excluding carboxylic acids is 2. The highest BCUT2D eigenvalue weighted by Gasteiger charge is 2.35. The molecule has 15 heavy (non-hydrogen) atoms. The topological polar surface area (TPSA) is 49.4 Å². The highest BCUT2D eigenvalue weighted by molar-refractivity contribution is 5.98. The average Bonchev–Trinajstić information content (AvgIpc) is 2.17. The maximum atomic E-state index is 11.9. The maximum absolute atomic E-state index is 11.9. The van der Waals surface area contributed by atoms with Crippen molar-refractivity contribution < 1.29 is 9.59 Å². The highest BCUT2D eigenvalue weighted by atomic mass is 16.2. The molecule has 4 heteroatoms. The number of rotatable bonds is 4. The predicted octanol–water partition coefficient (Wildman–Crippen LogP) is 1.61. The first-order chi connectivity index (χ1) is 7.07. The van der Waals surface area contributed by atoms with Gasteiger partial charge in [0.15, 0.2) is 0 Å². The van der Waals surface area contributed by atoms with E-state index in [2.05, 4.69) is 5.32 Å². The Kier molecular flexibility index (Phi) is 4.12.